The van der Waals surface area contributed by atoms with Gasteiger partial charge in [0.2, 0.25) is 0 Å². The zero-order chi connectivity index (χ0) is 18.1. The van der Waals surface area contributed by atoms with Crippen LogP contribution < -0.4 is 0 Å². The number of benzene rings is 1. The van der Waals surface area contributed by atoms with Crippen molar-refractivity contribution in [3.05, 3.63) is 59.1 Å². The summed E-state index contributed by atoms with van der Waals surface area (Å²) >= 11 is 0. The third-order valence-corrected chi connectivity index (χ3v) is 5.09. The molecule has 3 aromatic rings. The van der Waals surface area contributed by atoms with Crippen molar-refractivity contribution in [3.63, 3.8) is 0 Å². The molecule has 0 amide bonds. The van der Waals surface area contributed by atoms with Crippen LogP contribution in [0.25, 0.3) is 10.9 Å². The first kappa shape index (κ1) is 16.8. The van der Waals surface area contributed by atoms with E-state index in [0.29, 0.717) is 12.2 Å². The van der Waals surface area contributed by atoms with Gasteiger partial charge in [0.25, 0.3) is 0 Å². The Bertz CT molecular complexity index is 957. The normalized spacial score (nSPS) is 15.2. The van der Waals surface area contributed by atoms with Gasteiger partial charge in [0.05, 0.1) is 28.8 Å². The van der Waals surface area contributed by atoms with E-state index in [2.05, 4.69) is 29.2 Å². The molecule has 0 radical (unpaired) electrons. The van der Waals surface area contributed by atoms with Crippen molar-refractivity contribution >= 4 is 16.9 Å². The number of ether oxygens (including phenoxy) is 1. The minimum Gasteiger partial charge on any atom is -0.462 e. The molecule has 5 nitrogen and oxygen atoms in total. The molecular formula is C21H22N2O3. The summed E-state index contributed by atoms with van der Waals surface area (Å²) in [5, 5.41) is 4.86. The summed E-state index contributed by atoms with van der Waals surface area (Å²) in [4.78, 5) is 16.9. The predicted molar refractivity (Wildman–Crippen MR) is 98.2 cm³/mol. The van der Waals surface area contributed by atoms with Gasteiger partial charge in [-0.05, 0) is 49.9 Å². The molecular weight excluding hydrogens is 328 g/mol. The van der Waals surface area contributed by atoms with E-state index in [0.717, 1.165) is 53.6 Å². The molecule has 2 aromatic heterocycles. The van der Waals surface area contributed by atoms with E-state index in [1.807, 2.05) is 19.1 Å². The number of aromatic nitrogens is 2. The third-order valence-electron chi connectivity index (χ3n) is 5.09. The van der Waals surface area contributed by atoms with Gasteiger partial charge in [0, 0.05) is 17.6 Å². The van der Waals surface area contributed by atoms with Crippen molar-refractivity contribution in [2.75, 3.05) is 6.61 Å². The summed E-state index contributed by atoms with van der Waals surface area (Å²) in [6, 6.07) is 9.84. The van der Waals surface area contributed by atoms with Gasteiger partial charge in [0.15, 0.2) is 0 Å². The lowest BCUT2D eigenvalue weighted by Crippen LogP contribution is -2.10. The molecule has 1 saturated carbocycles. The summed E-state index contributed by atoms with van der Waals surface area (Å²) in [5.74, 6) is 0.605. The zero-order valence-corrected chi connectivity index (χ0v) is 15.1. The van der Waals surface area contributed by atoms with Crippen molar-refractivity contribution in [3.8, 4) is 0 Å². The summed E-state index contributed by atoms with van der Waals surface area (Å²) < 4.78 is 11.0. The van der Waals surface area contributed by atoms with Crippen LogP contribution in [0.5, 0.6) is 0 Å². The molecule has 0 unspecified atom stereocenters. The molecule has 1 aliphatic rings. The van der Waals surface area contributed by atoms with Gasteiger partial charge in [-0.25, -0.2) is 4.79 Å². The Morgan fingerprint density at radius 3 is 2.81 bits per heavy atom. The predicted octanol–water partition coefficient (Wildman–Crippen LogP) is 4.57. The van der Waals surface area contributed by atoms with E-state index >= 15 is 0 Å². The third kappa shape index (κ3) is 2.87. The highest BCUT2D eigenvalue weighted by molar-refractivity contribution is 6.03. The summed E-state index contributed by atoms with van der Waals surface area (Å²) in [7, 11) is 0. The molecule has 2 heterocycles. The molecule has 0 bridgehead atoms. The number of fused-ring (bicyclic) bond motifs is 1. The SMILES string of the molecule is CCCCOC(=O)c1ccnc2ccc(C3(c4cc(C)no4)CC3)cc12. The molecule has 1 aromatic carbocycles. The van der Waals surface area contributed by atoms with Gasteiger partial charge in [0.1, 0.15) is 5.76 Å². The molecule has 0 atom stereocenters. The second-order valence-electron chi connectivity index (χ2n) is 6.99. The van der Waals surface area contributed by atoms with Crippen LogP contribution in [0.2, 0.25) is 0 Å². The molecule has 26 heavy (non-hydrogen) atoms. The maximum Gasteiger partial charge on any atom is 0.338 e. The fourth-order valence-corrected chi connectivity index (χ4v) is 3.40. The van der Waals surface area contributed by atoms with Crippen LogP contribution in [-0.4, -0.2) is 22.7 Å². The van der Waals surface area contributed by atoms with Crippen LogP contribution in [0.3, 0.4) is 0 Å². The number of rotatable bonds is 6. The summed E-state index contributed by atoms with van der Waals surface area (Å²) in [6.07, 6.45) is 5.56. The molecule has 0 saturated heterocycles. The average Bonchev–Trinajstić information content (AvgIpc) is 3.36. The maximum atomic E-state index is 12.5. The summed E-state index contributed by atoms with van der Waals surface area (Å²) in [5.41, 5.74) is 3.25. The maximum absolute atomic E-state index is 12.5. The highest BCUT2D eigenvalue weighted by atomic mass is 16.5. The lowest BCUT2D eigenvalue weighted by molar-refractivity contribution is 0.0502. The average molecular weight is 350 g/mol. The lowest BCUT2D eigenvalue weighted by Gasteiger charge is -2.14. The number of hydrogen-bond donors (Lipinski definition) is 0. The molecule has 0 spiro atoms. The van der Waals surface area contributed by atoms with Crippen LogP contribution in [0, 0.1) is 6.92 Å². The molecule has 0 N–H and O–H groups in total. The van der Waals surface area contributed by atoms with Crippen LogP contribution in [-0.2, 0) is 10.2 Å². The van der Waals surface area contributed by atoms with E-state index in [1.54, 1.807) is 12.3 Å². The van der Waals surface area contributed by atoms with Crippen molar-refractivity contribution in [2.45, 2.75) is 44.9 Å². The summed E-state index contributed by atoms with van der Waals surface area (Å²) in [6.45, 7) is 4.44. The Morgan fingerprint density at radius 2 is 2.12 bits per heavy atom. The number of aryl methyl sites for hydroxylation is 1. The highest BCUT2D eigenvalue weighted by Crippen LogP contribution is 2.54. The molecule has 1 fully saturated rings. The van der Waals surface area contributed by atoms with Crippen LogP contribution in [0.15, 0.2) is 41.1 Å². The molecule has 5 heteroatoms. The topological polar surface area (TPSA) is 65.2 Å². The van der Waals surface area contributed by atoms with Crippen molar-refractivity contribution in [1.82, 2.24) is 10.1 Å². The Morgan fingerprint density at radius 1 is 1.27 bits per heavy atom. The van der Waals surface area contributed by atoms with Gasteiger partial charge in [-0.2, -0.15) is 0 Å². The quantitative estimate of drug-likeness (QED) is 0.481. The number of pyridine rings is 1. The van der Waals surface area contributed by atoms with Gasteiger partial charge in [-0.1, -0.05) is 24.6 Å². The Labute approximate surface area is 152 Å². The van der Waals surface area contributed by atoms with Crippen LogP contribution in [0.4, 0.5) is 0 Å². The standard InChI is InChI=1S/C21H22N2O3/c1-3-4-11-25-20(24)16-7-10-22-18-6-5-15(13-17(16)18)21(8-9-21)19-12-14(2)23-26-19/h5-7,10,12-13H,3-4,8-9,11H2,1-2H3. The first-order valence-corrected chi connectivity index (χ1v) is 9.14. The number of carbonyl (C=O) groups is 1. The van der Waals surface area contributed by atoms with Crippen molar-refractivity contribution < 1.29 is 14.1 Å². The molecule has 4 rings (SSSR count). The van der Waals surface area contributed by atoms with Crippen molar-refractivity contribution in [1.29, 1.82) is 0 Å². The Balaban J connectivity index is 1.73. The fraction of sp³-hybridized carbons (Fsp3) is 0.381. The second kappa shape index (κ2) is 6.56. The van der Waals surface area contributed by atoms with E-state index in [1.165, 1.54) is 0 Å². The second-order valence-corrected chi connectivity index (χ2v) is 6.99. The van der Waals surface area contributed by atoms with E-state index in [4.69, 9.17) is 9.26 Å². The zero-order valence-electron chi connectivity index (χ0n) is 15.1. The molecule has 0 aliphatic heterocycles. The van der Waals surface area contributed by atoms with Gasteiger partial charge in [-0.3, -0.25) is 4.98 Å². The number of carbonyl (C=O) groups excluding carboxylic acids is 1. The Hall–Kier alpha value is -2.69. The smallest absolute Gasteiger partial charge is 0.338 e. The van der Waals surface area contributed by atoms with Crippen LogP contribution >= 0.6 is 0 Å². The minimum absolute atomic E-state index is 0.130. The van der Waals surface area contributed by atoms with Gasteiger partial charge in [-0.15, -0.1) is 0 Å². The monoisotopic (exact) mass is 350 g/mol. The highest BCUT2D eigenvalue weighted by Gasteiger charge is 2.49. The van der Waals surface area contributed by atoms with E-state index < -0.39 is 0 Å². The first-order valence-electron chi connectivity index (χ1n) is 9.14. The molecule has 1 aliphatic carbocycles. The van der Waals surface area contributed by atoms with E-state index in [9.17, 15) is 4.79 Å². The first-order chi connectivity index (χ1) is 12.6. The van der Waals surface area contributed by atoms with Gasteiger partial charge < -0.3 is 9.26 Å². The Kier molecular flexibility index (Phi) is 4.23. The van der Waals surface area contributed by atoms with Gasteiger partial charge >= 0.3 is 5.97 Å². The minimum atomic E-state index is -0.289. The number of esters is 1. The number of hydrogen-bond acceptors (Lipinski definition) is 5. The van der Waals surface area contributed by atoms with Crippen LogP contribution in [0.1, 0.15) is 60.0 Å². The largest absolute Gasteiger partial charge is 0.462 e. The lowest BCUT2D eigenvalue weighted by atomic mass is 9.91. The number of unbranched alkanes of at least 4 members (excludes halogenated alkanes) is 1. The van der Waals surface area contributed by atoms with E-state index in [-0.39, 0.29) is 11.4 Å². The number of nitrogens with zero attached hydrogens (tertiary/aromatic N) is 2. The fourth-order valence-electron chi connectivity index (χ4n) is 3.40. The molecule has 134 valence electrons. The van der Waals surface area contributed by atoms with Crippen molar-refractivity contribution in [2.24, 2.45) is 0 Å².